The number of amides is 1. The zero-order valence-electron chi connectivity index (χ0n) is 9.55. The fraction of sp³-hybridized carbons (Fsp3) is 0. The summed E-state index contributed by atoms with van der Waals surface area (Å²) in [7, 11) is 0. The Labute approximate surface area is 143 Å². The molecule has 0 fully saturated rings. The molecule has 0 saturated heterocycles. The van der Waals surface area contributed by atoms with E-state index in [4.69, 9.17) is 46.4 Å². The Morgan fingerprint density at radius 3 is 2.25 bits per heavy atom. The van der Waals surface area contributed by atoms with Crippen LogP contribution in [-0.4, -0.2) is 10.9 Å². The van der Waals surface area contributed by atoms with Crippen LogP contribution in [0, 0.1) is 0 Å². The maximum atomic E-state index is 12.1. The number of carbonyl (C=O) groups is 1. The summed E-state index contributed by atoms with van der Waals surface area (Å²) >= 11 is 26.9. The first-order chi connectivity index (χ1) is 9.38. The summed E-state index contributed by atoms with van der Waals surface area (Å²) in [6.07, 6.45) is 0. The molecule has 3 nitrogen and oxygen atoms in total. The van der Waals surface area contributed by atoms with E-state index in [0.717, 1.165) is 0 Å². The predicted molar refractivity (Wildman–Crippen MR) is 86.4 cm³/mol. The van der Waals surface area contributed by atoms with Gasteiger partial charge in [0.2, 0.25) is 0 Å². The van der Waals surface area contributed by atoms with Gasteiger partial charge < -0.3 is 5.32 Å². The molecule has 1 amide bonds. The van der Waals surface area contributed by atoms with Crippen molar-refractivity contribution in [1.29, 1.82) is 0 Å². The Morgan fingerprint density at radius 2 is 1.70 bits per heavy atom. The molecule has 0 aliphatic carbocycles. The summed E-state index contributed by atoms with van der Waals surface area (Å²) in [5.74, 6) is -0.481. The number of nitrogens with zero attached hydrogens (tertiary/aromatic N) is 1. The quantitative estimate of drug-likeness (QED) is 0.639. The second-order valence-electron chi connectivity index (χ2n) is 3.67. The van der Waals surface area contributed by atoms with E-state index >= 15 is 0 Å². The third-order valence-electron chi connectivity index (χ3n) is 2.30. The molecule has 1 N–H and O–H groups in total. The lowest BCUT2D eigenvalue weighted by atomic mass is 10.2. The van der Waals surface area contributed by atoms with E-state index in [-0.39, 0.29) is 15.9 Å². The van der Waals surface area contributed by atoms with Crippen LogP contribution < -0.4 is 5.32 Å². The molecule has 8 heteroatoms. The van der Waals surface area contributed by atoms with Gasteiger partial charge in [0.05, 0.1) is 21.3 Å². The van der Waals surface area contributed by atoms with Crippen molar-refractivity contribution >= 4 is 73.9 Å². The van der Waals surface area contributed by atoms with Crippen molar-refractivity contribution in [3.63, 3.8) is 0 Å². The highest BCUT2D eigenvalue weighted by atomic mass is 79.9. The molecule has 0 radical (unpaired) electrons. The number of hydrogen-bond donors (Lipinski definition) is 1. The normalized spacial score (nSPS) is 10.4. The van der Waals surface area contributed by atoms with Gasteiger partial charge in [-0.05, 0) is 24.3 Å². The van der Waals surface area contributed by atoms with E-state index in [1.165, 1.54) is 12.1 Å². The van der Waals surface area contributed by atoms with Gasteiger partial charge in [-0.25, -0.2) is 4.98 Å². The summed E-state index contributed by atoms with van der Waals surface area (Å²) in [6.45, 7) is 0. The van der Waals surface area contributed by atoms with Crippen molar-refractivity contribution in [2.75, 3.05) is 5.32 Å². The van der Waals surface area contributed by atoms with Gasteiger partial charge in [0.1, 0.15) is 10.3 Å². The van der Waals surface area contributed by atoms with Gasteiger partial charge >= 0.3 is 0 Å². The van der Waals surface area contributed by atoms with Crippen molar-refractivity contribution in [1.82, 2.24) is 4.98 Å². The second kappa shape index (κ2) is 6.50. The molecule has 2 aromatic rings. The van der Waals surface area contributed by atoms with Crippen molar-refractivity contribution in [2.24, 2.45) is 0 Å². The first-order valence-corrected chi connectivity index (χ1v) is 7.47. The fourth-order valence-corrected chi connectivity index (χ4v) is 3.16. The molecule has 0 saturated carbocycles. The molecule has 0 atom stereocenters. The largest absolute Gasteiger partial charge is 0.319 e. The monoisotopic (exact) mass is 412 g/mol. The SMILES string of the molecule is O=C(Nc1c(Cl)cc(Br)cc1Cl)c1ccc(Cl)nc1Cl. The number of aromatic nitrogens is 1. The molecule has 0 spiro atoms. The Bertz CT molecular complexity index is 670. The van der Waals surface area contributed by atoms with Gasteiger partial charge in [-0.3, -0.25) is 4.79 Å². The highest BCUT2D eigenvalue weighted by molar-refractivity contribution is 9.10. The van der Waals surface area contributed by atoms with Crippen molar-refractivity contribution in [3.05, 3.63) is 54.7 Å². The lowest BCUT2D eigenvalue weighted by molar-refractivity contribution is 0.102. The van der Waals surface area contributed by atoms with E-state index in [1.807, 2.05) is 0 Å². The summed E-state index contributed by atoms with van der Waals surface area (Å²) in [5, 5.41) is 3.39. The van der Waals surface area contributed by atoms with E-state index in [9.17, 15) is 4.79 Å². The van der Waals surface area contributed by atoms with E-state index in [1.54, 1.807) is 12.1 Å². The number of hydrogen-bond acceptors (Lipinski definition) is 2. The summed E-state index contributed by atoms with van der Waals surface area (Å²) in [5.41, 5.74) is 0.471. The van der Waals surface area contributed by atoms with Crippen LogP contribution in [-0.2, 0) is 0 Å². The minimum atomic E-state index is -0.481. The zero-order chi connectivity index (χ0) is 14.9. The maximum absolute atomic E-state index is 12.1. The molecule has 0 aliphatic rings. The summed E-state index contributed by atoms with van der Waals surface area (Å²) in [6, 6.07) is 6.16. The van der Waals surface area contributed by atoms with Crippen LogP contribution in [0.2, 0.25) is 20.4 Å². The Morgan fingerprint density at radius 1 is 1.10 bits per heavy atom. The second-order valence-corrected chi connectivity index (χ2v) is 6.15. The minimum absolute atomic E-state index is 0.000596. The van der Waals surface area contributed by atoms with Crippen molar-refractivity contribution in [3.8, 4) is 0 Å². The Kier molecular flexibility index (Phi) is 5.15. The van der Waals surface area contributed by atoms with Gasteiger partial charge in [-0.15, -0.1) is 0 Å². The van der Waals surface area contributed by atoms with Crippen LogP contribution in [0.15, 0.2) is 28.7 Å². The summed E-state index contributed by atoms with van der Waals surface area (Å²) in [4.78, 5) is 15.9. The van der Waals surface area contributed by atoms with Crippen molar-refractivity contribution < 1.29 is 4.79 Å². The number of pyridine rings is 1. The number of anilines is 1. The highest BCUT2D eigenvalue weighted by Gasteiger charge is 2.16. The highest BCUT2D eigenvalue weighted by Crippen LogP contribution is 2.34. The average Bonchev–Trinajstić information content (AvgIpc) is 2.33. The molecule has 0 unspecified atom stereocenters. The first-order valence-electron chi connectivity index (χ1n) is 5.16. The average molecular weight is 415 g/mol. The topological polar surface area (TPSA) is 42.0 Å². The summed E-state index contributed by atoms with van der Waals surface area (Å²) < 4.78 is 0.705. The first kappa shape index (κ1) is 15.9. The molecule has 2 rings (SSSR count). The van der Waals surface area contributed by atoms with E-state index in [0.29, 0.717) is 20.2 Å². The lowest BCUT2D eigenvalue weighted by Crippen LogP contribution is -2.13. The molecule has 1 heterocycles. The fourth-order valence-electron chi connectivity index (χ4n) is 1.42. The lowest BCUT2D eigenvalue weighted by Gasteiger charge is -2.10. The standard InChI is InChI=1S/C12H5BrCl4N2O/c13-5-3-7(14)10(8(15)4-5)19-12(20)6-1-2-9(16)18-11(6)17/h1-4H,(H,19,20). The van der Waals surface area contributed by atoms with Gasteiger partial charge in [0.15, 0.2) is 0 Å². The van der Waals surface area contributed by atoms with Gasteiger partial charge in [0.25, 0.3) is 5.91 Å². The number of benzene rings is 1. The molecule has 1 aromatic heterocycles. The number of nitrogens with one attached hydrogen (secondary N) is 1. The molecule has 1 aromatic carbocycles. The van der Waals surface area contributed by atoms with Crippen LogP contribution in [0.5, 0.6) is 0 Å². The third-order valence-corrected chi connectivity index (χ3v) is 3.86. The molecule has 20 heavy (non-hydrogen) atoms. The molecular formula is C12H5BrCl4N2O. The van der Waals surface area contributed by atoms with Crippen LogP contribution in [0.4, 0.5) is 5.69 Å². The van der Waals surface area contributed by atoms with Gasteiger partial charge in [-0.1, -0.05) is 62.3 Å². The predicted octanol–water partition coefficient (Wildman–Crippen LogP) is 5.71. The smallest absolute Gasteiger partial charge is 0.258 e. The molecule has 0 aliphatic heterocycles. The van der Waals surface area contributed by atoms with Crippen LogP contribution in [0.25, 0.3) is 0 Å². The molecular weight excluding hydrogens is 410 g/mol. The Hall–Kier alpha value is -0.520. The number of rotatable bonds is 2. The zero-order valence-corrected chi connectivity index (χ0v) is 14.2. The van der Waals surface area contributed by atoms with E-state index in [2.05, 4.69) is 26.2 Å². The molecule has 0 bridgehead atoms. The van der Waals surface area contributed by atoms with Crippen molar-refractivity contribution in [2.45, 2.75) is 0 Å². The van der Waals surface area contributed by atoms with Crippen LogP contribution in [0.3, 0.4) is 0 Å². The maximum Gasteiger partial charge on any atom is 0.258 e. The number of halogens is 5. The van der Waals surface area contributed by atoms with Gasteiger partial charge in [-0.2, -0.15) is 0 Å². The van der Waals surface area contributed by atoms with Gasteiger partial charge in [0, 0.05) is 4.47 Å². The third kappa shape index (κ3) is 3.57. The minimum Gasteiger partial charge on any atom is -0.319 e. The van der Waals surface area contributed by atoms with E-state index < -0.39 is 5.91 Å². The van der Waals surface area contributed by atoms with Crippen LogP contribution >= 0.6 is 62.3 Å². The van der Waals surface area contributed by atoms with Crippen LogP contribution in [0.1, 0.15) is 10.4 Å². The molecule has 104 valence electrons. The number of carbonyl (C=O) groups excluding carboxylic acids is 1. The Balaban J connectivity index is 2.33.